The number of thioether (sulfide) groups is 2. The molecule has 0 aliphatic carbocycles. The first-order valence-corrected chi connectivity index (χ1v) is 11.8. The monoisotopic (exact) mass is 539 g/mol. The Balaban J connectivity index is 2.88. The third-order valence-corrected chi connectivity index (χ3v) is 6.65. The average Bonchev–Trinajstić information content (AvgIpc) is 2.63. The van der Waals surface area contributed by atoms with Gasteiger partial charge in [-0.1, -0.05) is 78.4 Å². The molecule has 0 aromatic heterocycles. The molecule has 0 radical (unpaired) electrons. The van der Waals surface area contributed by atoms with Crippen molar-refractivity contribution in [3.8, 4) is 0 Å². The van der Waals surface area contributed by atoms with Crippen LogP contribution in [0, 0.1) is 5.92 Å². The number of ether oxygens (including phenoxy) is 3. The molecule has 14 heteroatoms. The van der Waals surface area contributed by atoms with Crippen LogP contribution in [0.5, 0.6) is 0 Å². The summed E-state index contributed by atoms with van der Waals surface area (Å²) in [5.74, 6) is -1.85. The topological polar surface area (TPSA) is 102 Å². The second kappa shape index (κ2) is 12.6. The molecule has 0 saturated carbocycles. The van der Waals surface area contributed by atoms with Crippen molar-refractivity contribution in [3.05, 3.63) is 12.7 Å². The summed E-state index contributed by atoms with van der Waals surface area (Å²) in [7, 11) is 0. The maximum Gasteiger partial charge on any atom is 0.508 e. The third kappa shape index (κ3) is 8.25. The highest BCUT2D eigenvalue weighted by Gasteiger charge is 2.56. The summed E-state index contributed by atoms with van der Waals surface area (Å²) in [6.07, 6.45) is -2.63. The number of nitrogens with zero attached hydrogens (tertiary/aromatic N) is 1. The van der Waals surface area contributed by atoms with Crippen LogP contribution >= 0.6 is 70.5 Å². The summed E-state index contributed by atoms with van der Waals surface area (Å²) in [6.45, 7) is 6.09. The van der Waals surface area contributed by atoms with Gasteiger partial charge in [-0.05, 0) is 12.7 Å². The van der Waals surface area contributed by atoms with Gasteiger partial charge in [0.1, 0.15) is 34.1 Å². The van der Waals surface area contributed by atoms with Gasteiger partial charge in [0, 0.05) is 0 Å². The summed E-state index contributed by atoms with van der Waals surface area (Å²) in [4.78, 5) is 37.4. The number of hydrogen-bond donors (Lipinski definition) is 1. The van der Waals surface area contributed by atoms with E-state index in [9.17, 15) is 19.5 Å². The smallest absolute Gasteiger partial charge is 0.458 e. The number of carbonyl (C=O) groups is 3. The molecule has 8 nitrogen and oxygen atoms in total. The van der Waals surface area contributed by atoms with Crippen LogP contribution in [0.1, 0.15) is 13.8 Å². The molecule has 0 spiro atoms. The van der Waals surface area contributed by atoms with Crippen molar-refractivity contribution in [2.24, 2.45) is 5.92 Å². The molecular formula is C16H20Cl3NO7S3. The summed E-state index contributed by atoms with van der Waals surface area (Å²) < 4.78 is 13.2. The predicted molar refractivity (Wildman–Crippen MR) is 122 cm³/mol. The summed E-state index contributed by atoms with van der Waals surface area (Å²) in [6, 6.07) is 0. The van der Waals surface area contributed by atoms with E-state index >= 15 is 0 Å². The minimum absolute atomic E-state index is 0.127. The zero-order valence-electron chi connectivity index (χ0n) is 15.9. The Morgan fingerprint density at radius 2 is 2.03 bits per heavy atom. The number of thiocarbonyl (C=S) groups is 1. The van der Waals surface area contributed by atoms with Crippen molar-refractivity contribution < 1.29 is 33.7 Å². The number of β-lactam (4-membered cyclic amide) rings is 1. The number of rotatable bonds is 9. The molecule has 1 aliphatic rings. The minimum Gasteiger partial charge on any atom is -0.458 e. The molecule has 4 atom stereocenters. The molecule has 1 amide bonds. The number of aliphatic hydroxyl groups is 1. The third-order valence-electron chi connectivity index (χ3n) is 3.56. The van der Waals surface area contributed by atoms with Gasteiger partial charge in [-0.25, -0.2) is 9.59 Å². The highest BCUT2D eigenvalue weighted by Crippen LogP contribution is 2.42. The lowest BCUT2D eigenvalue weighted by atomic mass is 9.92. The van der Waals surface area contributed by atoms with Crippen LogP contribution in [0.25, 0.3) is 0 Å². The molecule has 0 aromatic carbocycles. The number of aliphatic hydroxyl groups excluding tert-OH is 1. The quantitative estimate of drug-likeness (QED) is 0.154. The van der Waals surface area contributed by atoms with Crippen molar-refractivity contribution in [2.45, 2.75) is 35.3 Å². The Labute approximate surface area is 202 Å². The average molecular weight is 541 g/mol. The number of amides is 1. The normalized spacial score (nSPS) is 20.6. The van der Waals surface area contributed by atoms with E-state index in [2.05, 4.69) is 6.58 Å². The van der Waals surface area contributed by atoms with Gasteiger partial charge in [0.15, 0.2) is 0 Å². The molecule has 1 saturated heterocycles. The fourth-order valence-electron chi connectivity index (χ4n) is 2.31. The lowest BCUT2D eigenvalue weighted by Crippen LogP contribution is -2.68. The predicted octanol–water partition coefficient (Wildman–Crippen LogP) is 3.50. The number of alkyl halides is 3. The first kappa shape index (κ1) is 27.6. The molecule has 4 unspecified atom stereocenters. The zero-order valence-corrected chi connectivity index (χ0v) is 20.6. The Kier molecular flexibility index (Phi) is 11.6. The van der Waals surface area contributed by atoms with Gasteiger partial charge < -0.3 is 19.3 Å². The van der Waals surface area contributed by atoms with E-state index < -0.39 is 52.1 Å². The minimum atomic E-state index is -1.84. The van der Waals surface area contributed by atoms with Gasteiger partial charge in [-0.3, -0.25) is 9.69 Å². The van der Waals surface area contributed by atoms with Gasteiger partial charge in [-0.15, -0.1) is 11.8 Å². The Bertz CT molecular complexity index is 677. The van der Waals surface area contributed by atoms with E-state index in [0.29, 0.717) is 9.28 Å². The highest BCUT2D eigenvalue weighted by atomic mass is 35.6. The maximum absolute atomic E-state index is 12.7. The Hall–Kier alpha value is -0.430. The maximum atomic E-state index is 12.7. The summed E-state index contributed by atoms with van der Waals surface area (Å²) >= 11 is 24.2. The lowest BCUT2D eigenvalue weighted by molar-refractivity contribution is -0.189. The number of halogens is 3. The van der Waals surface area contributed by atoms with Crippen LogP contribution in [0.3, 0.4) is 0 Å². The standard InChI is InChI=1S/C16H20Cl3NO7S3/c1-4-6-25-13(23)11(22)20-10(21)9(12(20)30-15(28)29-5-2)8(3)27-14(24)26-7-16(17,18)19/h4,8-9,11-12,22H,1,5-7H2,2-3H3. The largest absolute Gasteiger partial charge is 0.508 e. The molecule has 1 fully saturated rings. The summed E-state index contributed by atoms with van der Waals surface area (Å²) in [5, 5.41) is 9.49. The van der Waals surface area contributed by atoms with Crippen LogP contribution < -0.4 is 0 Å². The van der Waals surface area contributed by atoms with E-state index in [0.717, 1.165) is 16.7 Å². The molecule has 0 aromatic rings. The molecule has 170 valence electrons. The fraction of sp³-hybridized carbons (Fsp3) is 0.625. The summed E-state index contributed by atoms with van der Waals surface area (Å²) in [5.41, 5.74) is 0. The second-order valence-corrected chi connectivity index (χ2v) is 11.8. The van der Waals surface area contributed by atoms with Gasteiger partial charge in [0.25, 0.3) is 0 Å². The van der Waals surface area contributed by atoms with Crippen molar-refractivity contribution in [3.63, 3.8) is 0 Å². The van der Waals surface area contributed by atoms with Crippen LogP contribution in [-0.4, -0.2) is 72.0 Å². The molecule has 1 N–H and O–H groups in total. The van der Waals surface area contributed by atoms with Gasteiger partial charge in [-0.2, -0.15) is 0 Å². The van der Waals surface area contributed by atoms with Crippen molar-refractivity contribution in [1.29, 1.82) is 0 Å². The lowest BCUT2D eigenvalue weighted by Gasteiger charge is -2.49. The van der Waals surface area contributed by atoms with E-state index in [1.807, 2.05) is 6.92 Å². The second-order valence-electron chi connectivity index (χ2n) is 5.73. The van der Waals surface area contributed by atoms with Crippen molar-refractivity contribution in [1.82, 2.24) is 4.90 Å². The number of carbonyl (C=O) groups excluding carboxylic acids is 3. The van der Waals surface area contributed by atoms with Crippen molar-refractivity contribution in [2.75, 3.05) is 19.0 Å². The molecule has 0 bridgehead atoms. The SMILES string of the molecule is C=CCOC(=O)C(O)N1C(=O)C(C(C)OC(=O)OCC(Cl)(Cl)Cl)C1SC(=S)SCC. The number of hydrogen-bond acceptors (Lipinski definition) is 10. The van der Waals surface area contributed by atoms with Gasteiger partial charge >= 0.3 is 12.1 Å². The first-order valence-electron chi connectivity index (χ1n) is 8.44. The molecule has 1 heterocycles. The van der Waals surface area contributed by atoms with E-state index in [-0.39, 0.29) is 6.61 Å². The number of esters is 1. The Morgan fingerprint density at radius 1 is 1.40 bits per heavy atom. The van der Waals surface area contributed by atoms with Gasteiger partial charge in [0.2, 0.25) is 15.9 Å². The fourth-order valence-corrected chi connectivity index (χ4v) is 5.30. The van der Waals surface area contributed by atoms with E-state index in [1.165, 1.54) is 24.8 Å². The van der Waals surface area contributed by atoms with Crippen LogP contribution in [0.15, 0.2) is 12.7 Å². The van der Waals surface area contributed by atoms with Crippen LogP contribution in [0.2, 0.25) is 0 Å². The van der Waals surface area contributed by atoms with E-state index in [1.54, 1.807) is 0 Å². The Morgan fingerprint density at radius 3 is 2.57 bits per heavy atom. The molecule has 1 rings (SSSR count). The first-order chi connectivity index (χ1) is 13.9. The molecule has 1 aliphatic heterocycles. The number of likely N-dealkylation sites (tertiary alicyclic amines) is 1. The van der Waals surface area contributed by atoms with Gasteiger partial charge in [0.05, 0.1) is 0 Å². The van der Waals surface area contributed by atoms with Crippen molar-refractivity contribution >= 4 is 92.1 Å². The van der Waals surface area contributed by atoms with E-state index in [4.69, 9.17) is 61.2 Å². The van der Waals surface area contributed by atoms with Crippen LogP contribution in [-0.2, 0) is 23.8 Å². The zero-order chi connectivity index (χ0) is 23.1. The highest BCUT2D eigenvalue weighted by molar-refractivity contribution is 8.47. The molecule has 30 heavy (non-hydrogen) atoms. The molecular weight excluding hydrogens is 521 g/mol. The van der Waals surface area contributed by atoms with Crippen LogP contribution in [0.4, 0.5) is 4.79 Å².